The average molecular weight is 534 g/mol. The highest BCUT2D eigenvalue weighted by Gasteiger charge is 2.33. The molecule has 2 aliphatic heterocycles. The van der Waals surface area contributed by atoms with E-state index in [0.717, 1.165) is 42.5 Å². The number of benzene rings is 3. The van der Waals surface area contributed by atoms with E-state index in [1.807, 2.05) is 42.5 Å². The molecule has 0 aromatic heterocycles. The van der Waals surface area contributed by atoms with Crippen LogP contribution in [0.4, 0.5) is 0 Å². The first-order valence-corrected chi connectivity index (χ1v) is 13.3. The van der Waals surface area contributed by atoms with Gasteiger partial charge in [0.15, 0.2) is 11.5 Å². The molecule has 0 saturated carbocycles. The lowest BCUT2D eigenvalue weighted by Gasteiger charge is -2.36. The summed E-state index contributed by atoms with van der Waals surface area (Å²) in [5.41, 5.74) is 2.13. The Morgan fingerprint density at radius 1 is 0.821 bits per heavy atom. The second kappa shape index (κ2) is 12.1. The fourth-order valence-corrected chi connectivity index (χ4v) is 5.35. The zero-order valence-corrected chi connectivity index (χ0v) is 22.5. The predicted octanol–water partition coefficient (Wildman–Crippen LogP) is 2.65. The number of hydrogen-bond acceptors (Lipinski definition) is 8. The molecule has 206 valence electrons. The monoisotopic (exact) mass is 533 g/mol. The normalized spacial score (nSPS) is 17.1. The van der Waals surface area contributed by atoms with Crippen LogP contribution >= 0.6 is 0 Å². The van der Waals surface area contributed by atoms with Crippen molar-refractivity contribution in [2.75, 3.05) is 66.6 Å². The maximum absolute atomic E-state index is 13.1. The van der Waals surface area contributed by atoms with Crippen LogP contribution in [0.25, 0.3) is 10.8 Å². The van der Waals surface area contributed by atoms with Gasteiger partial charge < -0.3 is 19.3 Å². The van der Waals surface area contributed by atoms with E-state index in [1.165, 1.54) is 4.90 Å². The van der Waals surface area contributed by atoms with Crippen molar-refractivity contribution in [3.63, 3.8) is 0 Å². The molecule has 2 amide bonds. The number of amides is 2. The van der Waals surface area contributed by atoms with Crippen molar-refractivity contribution in [3.05, 3.63) is 71.3 Å². The van der Waals surface area contributed by atoms with E-state index in [-0.39, 0.29) is 18.4 Å². The first kappa shape index (κ1) is 27.1. The summed E-state index contributed by atoms with van der Waals surface area (Å²) in [6.07, 6.45) is -0.594. The van der Waals surface area contributed by atoms with E-state index in [2.05, 4.69) is 9.80 Å². The highest BCUT2D eigenvalue weighted by Crippen LogP contribution is 2.30. The number of piperazine rings is 1. The van der Waals surface area contributed by atoms with Gasteiger partial charge in [-0.15, -0.1) is 0 Å². The van der Waals surface area contributed by atoms with Crippen molar-refractivity contribution in [3.8, 4) is 11.5 Å². The SMILES string of the molecule is COc1ccc(COCC(O)CN2CCN(CCN3C(=O)c4cccc5cccc(c45)C3=O)CC2)cc1OC. The number of carbonyl (C=O) groups is 2. The largest absolute Gasteiger partial charge is 0.493 e. The molecule has 1 fully saturated rings. The Balaban J connectivity index is 1.05. The highest BCUT2D eigenvalue weighted by molar-refractivity contribution is 6.25. The molecule has 9 nitrogen and oxygen atoms in total. The second-order valence-corrected chi connectivity index (χ2v) is 9.97. The summed E-state index contributed by atoms with van der Waals surface area (Å²) in [7, 11) is 3.19. The van der Waals surface area contributed by atoms with E-state index in [4.69, 9.17) is 14.2 Å². The van der Waals surface area contributed by atoms with Gasteiger partial charge in [0, 0.05) is 62.3 Å². The number of nitrogens with zero attached hydrogens (tertiary/aromatic N) is 3. The van der Waals surface area contributed by atoms with Gasteiger partial charge in [-0.1, -0.05) is 30.3 Å². The summed E-state index contributed by atoms with van der Waals surface area (Å²) >= 11 is 0. The van der Waals surface area contributed by atoms with Crippen LogP contribution in [0.3, 0.4) is 0 Å². The lowest BCUT2D eigenvalue weighted by Crippen LogP contribution is -2.51. The molecule has 0 aliphatic carbocycles. The molecule has 3 aromatic carbocycles. The Bertz CT molecular complexity index is 1290. The molecule has 2 heterocycles. The van der Waals surface area contributed by atoms with Crippen LogP contribution in [-0.2, 0) is 11.3 Å². The Morgan fingerprint density at radius 2 is 1.46 bits per heavy atom. The summed E-state index contributed by atoms with van der Waals surface area (Å²) in [6.45, 7) is 5.34. The number of imide groups is 1. The van der Waals surface area contributed by atoms with Crippen LogP contribution in [0.2, 0.25) is 0 Å². The summed E-state index contributed by atoms with van der Waals surface area (Å²) in [6, 6.07) is 16.8. The summed E-state index contributed by atoms with van der Waals surface area (Å²) in [5.74, 6) is 0.865. The molecule has 0 spiro atoms. The number of β-amino-alcohol motifs (C(OH)–C–C–N with tert-alkyl or cyclic N) is 1. The summed E-state index contributed by atoms with van der Waals surface area (Å²) in [5, 5.41) is 12.2. The molecule has 5 rings (SSSR count). The van der Waals surface area contributed by atoms with Gasteiger partial charge in [-0.3, -0.25) is 24.3 Å². The third-order valence-corrected chi connectivity index (χ3v) is 7.46. The molecule has 3 aromatic rings. The molecular formula is C30H35N3O6. The second-order valence-electron chi connectivity index (χ2n) is 9.97. The van der Waals surface area contributed by atoms with Crippen molar-refractivity contribution in [2.24, 2.45) is 0 Å². The lowest BCUT2D eigenvalue weighted by atomic mass is 9.94. The van der Waals surface area contributed by atoms with Crippen molar-refractivity contribution < 1.29 is 28.9 Å². The minimum Gasteiger partial charge on any atom is -0.493 e. The van der Waals surface area contributed by atoms with Crippen molar-refractivity contribution in [1.82, 2.24) is 14.7 Å². The van der Waals surface area contributed by atoms with Gasteiger partial charge in [-0.05, 0) is 35.2 Å². The fourth-order valence-electron chi connectivity index (χ4n) is 5.35. The fraction of sp³-hybridized carbons (Fsp3) is 0.400. The van der Waals surface area contributed by atoms with Gasteiger partial charge in [0.25, 0.3) is 11.8 Å². The third-order valence-electron chi connectivity index (χ3n) is 7.46. The number of aliphatic hydroxyl groups excluding tert-OH is 1. The van der Waals surface area contributed by atoms with Crippen molar-refractivity contribution in [2.45, 2.75) is 12.7 Å². The van der Waals surface area contributed by atoms with Gasteiger partial charge in [0.05, 0.1) is 33.5 Å². The van der Waals surface area contributed by atoms with E-state index < -0.39 is 6.10 Å². The first-order chi connectivity index (χ1) is 19.0. The predicted molar refractivity (Wildman–Crippen MR) is 147 cm³/mol. The molecule has 0 bridgehead atoms. The average Bonchev–Trinajstić information content (AvgIpc) is 2.96. The van der Waals surface area contributed by atoms with Crippen LogP contribution in [0.1, 0.15) is 26.3 Å². The number of hydrogen-bond donors (Lipinski definition) is 1. The van der Waals surface area contributed by atoms with Gasteiger partial charge >= 0.3 is 0 Å². The number of methoxy groups -OCH3 is 2. The minimum absolute atomic E-state index is 0.223. The van der Waals surface area contributed by atoms with Crippen LogP contribution in [0.15, 0.2) is 54.6 Å². The molecule has 1 atom stereocenters. The Labute approximate surface area is 228 Å². The molecule has 1 N–H and O–H groups in total. The summed E-state index contributed by atoms with van der Waals surface area (Å²) < 4.78 is 16.3. The molecular weight excluding hydrogens is 498 g/mol. The van der Waals surface area contributed by atoms with Crippen molar-refractivity contribution >= 4 is 22.6 Å². The van der Waals surface area contributed by atoms with Crippen LogP contribution in [0.5, 0.6) is 11.5 Å². The quantitative estimate of drug-likeness (QED) is 0.376. The maximum atomic E-state index is 13.1. The topological polar surface area (TPSA) is 91.8 Å². The molecule has 2 aliphatic rings. The highest BCUT2D eigenvalue weighted by atomic mass is 16.5. The molecule has 1 unspecified atom stereocenters. The lowest BCUT2D eigenvalue weighted by molar-refractivity contribution is 0.000925. The van der Waals surface area contributed by atoms with Gasteiger partial charge in [-0.2, -0.15) is 0 Å². The van der Waals surface area contributed by atoms with E-state index in [9.17, 15) is 14.7 Å². The standard InChI is InChI=1S/C30H35N3O6/c1-37-26-10-9-21(17-27(26)38-2)19-39-20-23(34)18-32-13-11-31(12-14-32)15-16-33-29(35)24-7-3-5-22-6-4-8-25(28(22)24)30(33)36/h3-10,17,23,34H,11-16,18-20H2,1-2H3. The third kappa shape index (κ3) is 5.91. The molecule has 1 saturated heterocycles. The van der Waals surface area contributed by atoms with E-state index in [0.29, 0.717) is 48.9 Å². The molecule has 0 radical (unpaired) electrons. The van der Waals surface area contributed by atoms with Gasteiger partial charge in [0.1, 0.15) is 0 Å². The smallest absolute Gasteiger partial charge is 0.261 e. The maximum Gasteiger partial charge on any atom is 0.261 e. The van der Waals surface area contributed by atoms with Crippen molar-refractivity contribution in [1.29, 1.82) is 0 Å². The summed E-state index contributed by atoms with van der Waals surface area (Å²) in [4.78, 5) is 32.1. The molecule has 39 heavy (non-hydrogen) atoms. The first-order valence-electron chi connectivity index (χ1n) is 13.3. The Morgan fingerprint density at radius 3 is 2.10 bits per heavy atom. The number of rotatable bonds is 11. The number of aliphatic hydroxyl groups is 1. The van der Waals surface area contributed by atoms with Gasteiger partial charge in [0.2, 0.25) is 0 Å². The zero-order chi connectivity index (χ0) is 27.4. The van der Waals surface area contributed by atoms with Crippen LogP contribution in [0, 0.1) is 0 Å². The van der Waals surface area contributed by atoms with Gasteiger partial charge in [-0.25, -0.2) is 0 Å². The number of carbonyl (C=O) groups excluding carboxylic acids is 2. The van der Waals surface area contributed by atoms with Crippen LogP contribution in [-0.4, -0.2) is 104 Å². The number of ether oxygens (including phenoxy) is 3. The van der Waals surface area contributed by atoms with E-state index >= 15 is 0 Å². The Hall–Kier alpha value is -3.50. The Kier molecular flexibility index (Phi) is 8.42. The van der Waals surface area contributed by atoms with Crippen LogP contribution < -0.4 is 9.47 Å². The zero-order valence-electron chi connectivity index (χ0n) is 22.5. The molecule has 9 heteroatoms. The minimum atomic E-state index is -0.594. The van der Waals surface area contributed by atoms with E-state index in [1.54, 1.807) is 26.4 Å².